The van der Waals surface area contributed by atoms with Crippen LogP contribution in [0.5, 0.6) is 0 Å². The first-order chi connectivity index (χ1) is 8.15. The number of ether oxygens (including phenoxy) is 1. The van der Waals surface area contributed by atoms with Crippen molar-refractivity contribution in [3.8, 4) is 0 Å². The van der Waals surface area contributed by atoms with E-state index >= 15 is 0 Å². The maximum absolute atomic E-state index is 11.7. The molecule has 1 atom stereocenters. The Labute approximate surface area is 109 Å². The fourth-order valence-corrected chi connectivity index (χ4v) is 1.53. The Balaban J connectivity index is 4.31. The number of carbonyl (C=O) groups is 2. The molecule has 0 saturated heterocycles. The van der Waals surface area contributed by atoms with Crippen LogP contribution >= 0.6 is 0 Å². The van der Waals surface area contributed by atoms with E-state index in [9.17, 15) is 9.59 Å². The summed E-state index contributed by atoms with van der Waals surface area (Å²) in [6, 6.07) is -0.566. The van der Waals surface area contributed by atoms with Gasteiger partial charge in [0.15, 0.2) is 0 Å². The third kappa shape index (κ3) is 8.06. The highest BCUT2D eigenvalue weighted by Gasteiger charge is 2.23. The van der Waals surface area contributed by atoms with Gasteiger partial charge in [-0.1, -0.05) is 13.8 Å². The van der Waals surface area contributed by atoms with Crippen LogP contribution in [0, 0.1) is 5.92 Å². The summed E-state index contributed by atoms with van der Waals surface area (Å²) in [4.78, 5) is 23.3. The maximum atomic E-state index is 11.7. The number of hydrogen-bond acceptors (Lipinski definition) is 4. The SMILES string of the molecule is COC(=O)C(CC(C)C)NC(=O)CCC(C)(C)N. The van der Waals surface area contributed by atoms with Crippen LogP contribution in [0.15, 0.2) is 0 Å². The largest absolute Gasteiger partial charge is 0.467 e. The molecule has 0 radical (unpaired) electrons. The summed E-state index contributed by atoms with van der Waals surface area (Å²) >= 11 is 0. The lowest BCUT2D eigenvalue weighted by Crippen LogP contribution is -2.43. The van der Waals surface area contributed by atoms with Gasteiger partial charge in [0, 0.05) is 12.0 Å². The summed E-state index contributed by atoms with van der Waals surface area (Å²) in [7, 11) is 1.32. The molecule has 1 unspecified atom stereocenters. The summed E-state index contributed by atoms with van der Waals surface area (Å²) in [5.41, 5.74) is 5.43. The summed E-state index contributed by atoms with van der Waals surface area (Å²) in [6.45, 7) is 7.72. The zero-order chi connectivity index (χ0) is 14.3. The van der Waals surface area contributed by atoms with E-state index < -0.39 is 12.0 Å². The van der Waals surface area contributed by atoms with E-state index in [1.807, 2.05) is 27.7 Å². The highest BCUT2D eigenvalue weighted by atomic mass is 16.5. The second kappa shape index (κ2) is 7.36. The molecule has 0 rings (SSSR count). The van der Waals surface area contributed by atoms with Crippen LogP contribution in [0.4, 0.5) is 0 Å². The van der Waals surface area contributed by atoms with E-state index in [2.05, 4.69) is 10.1 Å². The van der Waals surface area contributed by atoms with E-state index in [-0.39, 0.29) is 11.4 Å². The van der Waals surface area contributed by atoms with Crippen molar-refractivity contribution in [2.45, 2.75) is 58.5 Å². The second-order valence-electron chi connectivity index (χ2n) is 5.76. The van der Waals surface area contributed by atoms with Crippen molar-refractivity contribution >= 4 is 11.9 Å². The molecule has 0 aromatic carbocycles. The Morgan fingerprint density at radius 3 is 2.28 bits per heavy atom. The summed E-state index contributed by atoms with van der Waals surface area (Å²) in [5, 5.41) is 2.70. The smallest absolute Gasteiger partial charge is 0.328 e. The van der Waals surface area contributed by atoms with Crippen LogP contribution in [0.2, 0.25) is 0 Å². The average Bonchev–Trinajstić information content (AvgIpc) is 2.22. The molecule has 0 aliphatic heterocycles. The predicted molar refractivity (Wildman–Crippen MR) is 70.9 cm³/mol. The molecule has 0 bridgehead atoms. The van der Waals surface area contributed by atoms with Crippen LogP contribution in [0.1, 0.15) is 47.0 Å². The molecule has 3 N–H and O–H groups in total. The van der Waals surface area contributed by atoms with Gasteiger partial charge in [-0.05, 0) is 32.6 Å². The van der Waals surface area contributed by atoms with Crippen molar-refractivity contribution < 1.29 is 14.3 Å². The first-order valence-corrected chi connectivity index (χ1v) is 6.31. The molecule has 0 heterocycles. The lowest BCUT2D eigenvalue weighted by atomic mass is 9.99. The van der Waals surface area contributed by atoms with Crippen LogP contribution in [0.3, 0.4) is 0 Å². The average molecular weight is 258 g/mol. The van der Waals surface area contributed by atoms with Gasteiger partial charge in [0.05, 0.1) is 7.11 Å². The van der Waals surface area contributed by atoms with Crippen molar-refractivity contribution in [3.05, 3.63) is 0 Å². The van der Waals surface area contributed by atoms with Crippen molar-refractivity contribution in [3.63, 3.8) is 0 Å². The molecule has 18 heavy (non-hydrogen) atoms. The third-order valence-corrected chi connectivity index (χ3v) is 2.52. The zero-order valence-electron chi connectivity index (χ0n) is 12.1. The monoisotopic (exact) mass is 258 g/mol. The standard InChI is InChI=1S/C13H26N2O3/c1-9(2)8-10(12(17)18-5)15-11(16)6-7-13(3,4)14/h9-10H,6-8,14H2,1-5H3,(H,15,16). The van der Waals surface area contributed by atoms with Crippen molar-refractivity contribution in [2.75, 3.05) is 7.11 Å². The van der Waals surface area contributed by atoms with E-state index in [4.69, 9.17) is 5.73 Å². The lowest BCUT2D eigenvalue weighted by Gasteiger charge is -2.21. The number of rotatable bonds is 7. The van der Waals surface area contributed by atoms with E-state index in [1.54, 1.807) is 0 Å². The normalized spacial score (nSPS) is 13.3. The predicted octanol–water partition coefficient (Wildman–Crippen LogP) is 1.21. The molecule has 0 spiro atoms. The Bertz CT molecular complexity index is 282. The highest BCUT2D eigenvalue weighted by Crippen LogP contribution is 2.09. The molecule has 0 aliphatic rings. The Hall–Kier alpha value is -1.10. The van der Waals surface area contributed by atoms with Gasteiger partial charge in [-0.25, -0.2) is 4.79 Å². The van der Waals surface area contributed by atoms with Crippen LogP contribution in [0.25, 0.3) is 0 Å². The lowest BCUT2D eigenvalue weighted by molar-refractivity contribution is -0.145. The Kier molecular flexibility index (Phi) is 6.91. The molecular formula is C13H26N2O3. The third-order valence-electron chi connectivity index (χ3n) is 2.52. The molecule has 0 aromatic heterocycles. The van der Waals surface area contributed by atoms with Crippen LogP contribution < -0.4 is 11.1 Å². The number of methoxy groups -OCH3 is 1. The number of hydrogen-bond donors (Lipinski definition) is 2. The van der Waals surface area contributed by atoms with Gasteiger partial charge in [0.1, 0.15) is 6.04 Å². The minimum absolute atomic E-state index is 0.162. The number of nitrogens with two attached hydrogens (primary N) is 1. The van der Waals surface area contributed by atoms with Crippen molar-refractivity contribution in [1.29, 1.82) is 0 Å². The van der Waals surface area contributed by atoms with Crippen LogP contribution in [-0.2, 0) is 14.3 Å². The first-order valence-electron chi connectivity index (χ1n) is 6.31. The minimum Gasteiger partial charge on any atom is -0.467 e. The number of esters is 1. The zero-order valence-corrected chi connectivity index (χ0v) is 12.1. The number of nitrogens with one attached hydrogen (secondary N) is 1. The van der Waals surface area contributed by atoms with Gasteiger partial charge in [0.2, 0.25) is 5.91 Å². The van der Waals surface area contributed by atoms with Gasteiger partial charge in [-0.15, -0.1) is 0 Å². The van der Waals surface area contributed by atoms with E-state index in [1.165, 1.54) is 7.11 Å². The van der Waals surface area contributed by atoms with E-state index in [0.717, 1.165) is 0 Å². The summed E-state index contributed by atoms with van der Waals surface area (Å²) in [6.07, 6.45) is 1.47. The van der Waals surface area contributed by atoms with Gasteiger partial charge in [-0.2, -0.15) is 0 Å². The minimum atomic E-state index is -0.566. The second-order valence-corrected chi connectivity index (χ2v) is 5.76. The van der Waals surface area contributed by atoms with E-state index in [0.29, 0.717) is 25.2 Å². The van der Waals surface area contributed by atoms with Gasteiger partial charge in [-0.3, -0.25) is 4.79 Å². The molecule has 5 heteroatoms. The van der Waals surface area contributed by atoms with Gasteiger partial charge >= 0.3 is 5.97 Å². The molecule has 0 aliphatic carbocycles. The quantitative estimate of drug-likeness (QED) is 0.672. The molecule has 1 amide bonds. The molecular weight excluding hydrogens is 232 g/mol. The van der Waals surface area contributed by atoms with Crippen LogP contribution in [-0.4, -0.2) is 30.6 Å². The topological polar surface area (TPSA) is 81.4 Å². The molecule has 106 valence electrons. The Morgan fingerprint density at radius 1 is 1.33 bits per heavy atom. The van der Waals surface area contributed by atoms with Gasteiger partial charge in [0.25, 0.3) is 0 Å². The summed E-state index contributed by atoms with van der Waals surface area (Å²) < 4.78 is 4.68. The van der Waals surface area contributed by atoms with Crippen molar-refractivity contribution in [2.24, 2.45) is 11.7 Å². The maximum Gasteiger partial charge on any atom is 0.328 e. The molecule has 5 nitrogen and oxygen atoms in total. The Morgan fingerprint density at radius 2 is 1.89 bits per heavy atom. The summed E-state index contributed by atoms with van der Waals surface area (Å²) in [5.74, 6) is -0.256. The van der Waals surface area contributed by atoms with Gasteiger partial charge < -0.3 is 15.8 Å². The number of carbonyl (C=O) groups excluding carboxylic acids is 2. The molecule has 0 aromatic rings. The molecule has 0 fully saturated rings. The molecule has 0 saturated carbocycles. The fourth-order valence-electron chi connectivity index (χ4n) is 1.53. The fraction of sp³-hybridized carbons (Fsp3) is 0.846. The van der Waals surface area contributed by atoms with Crippen molar-refractivity contribution in [1.82, 2.24) is 5.32 Å². The number of amides is 1. The first kappa shape index (κ1) is 16.9. The highest BCUT2D eigenvalue weighted by molar-refractivity contribution is 5.84.